The highest BCUT2D eigenvalue weighted by atomic mass is 32.2. The lowest BCUT2D eigenvalue weighted by Crippen LogP contribution is -2.37. The quantitative estimate of drug-likeness (QED) is 0.589. The van der Waals surface area contributed by atoms with Crippen molar-refractivity contribution in [2.75, 3.05) is 12.3 Å². The first-order valence-electron chi connectivity index (χ1n) is 6.92. The minimum absolute atomic E-state index is 0.159. The molecule has 0 atom stereocenters. The van der Waals surface area contributed by atoms with E-state index in [2.05, 4.69) is 70.8 Å². The standard InChI is InChI=1S/C17H27NS/c1-13(2)15-7-9-16(10-8-15)19-12-14(3)11-18-17(4,5)6/h7-10,13,18H,3,11-12H2,1-2,4-6H3. The highest BCUT2D eigenvalue weighted by molar-refractivity contribution is 7.99. The fraction of sp³-hybridized carbons (Fsp3) is 0.529. The molecule has 0 aliphatic heterocycles. The summed E-state index contributed by atoms with van der Waals surface area (Å²) < 4.78 is 0. The number of benzene rings is 1. The van der Waals surface area contributed by atoms with Gasteiger partial charge in [0.15, 0.2) is 0 Å². The van der Waals surface area contributed by atoms with E-state index < -0.39 is 0 Å². The summed E-state index contributed by atoms with van der Waals surface area (Å²) in [5, 5.41) is 3.47. The van der Waals surface area contributed by atoms with E-state index in [-0.39, 0.29) is 5.54 Å². The van der Waals surface area contributed by atoms with Gasteiger partial charge in [-0.15, -0.1) is 11.8 Å². The Balaban J connectivity index is 2.38. The van der Waals surface area contributed by atoms with Crippen LogP contribution in [-0.2, 0) is 0 Å². The van der Waals surface area contributed by atoms with Crippen LogP contribution in [0.1, 0.15) is 46.1 Å². The van der Waals surface area contributed by atoms with Gasteiger partial charge in [0.1, 0.15) is 0 Å². The van der Waals surface area contributed by atoms with Crippen LogP contribution in [0, 0.1) is 0 Å². The van der Waals surface area contributed by atoms with Gasteiger partial charge in [0, 0.05) is 22.7 Å². The number of thioether (sulfide) groups is 1. The van der Waals surface area contributed by atoms with Crippen LogP contribution < -0.4 is 5.32 Å². The van der Waals surface area contributed by atoms with Gasteiger partial charge < -0.3 is 5.32 Å². The molecule has 0 saturated heterocycles. The smallest absolute Gasteiger partial charge is 0.0200 e. The molecule has 106 valence electrons. The third-order valence-electron chi connectivity index (χ3n) is 2.86. The van der Waals surface area contributed by atoms with Crippen LogP contribution in [0.4, 0.5) is 0 Å². The summed E-state index contributed by atoms with van der Waals surface area (Å²) in [6.45, 7) is 16.0. The van der Waals surface area contributed by atoms with Gasteiger partial charge in [-0.3, -0.25) is 0 Å². The highest BCUT2D eigenvalue weighted by Crippen LogP contribution is 2.23. The van der Waals surface area contributed by atoms with Gasteiger partial charge in [0.2, 0.25) is 0 Å². The molecule has 0 saturated carbocycles. The van der Waals surface area contributed by atoms with Crippen molar-refractivity contribution in [2.24, 2.45) is 0 Å². The van der Waals surface area contributed by atoms with Crippen LogP contribution in [-0.4, -0.2) is 17.8 Å². The van der Waals surface area contributed by atoms with E-state index >= 15 is 0 Å². The van der Waals surface area contributed by atoms with Crippen molar-refractivity contribution in [3.63, 3.8) is 0 Å². The number of hydrogen-bond acceptors (Lipinski definition) is 2. The molecular weight excluding hydrogens is 250 g/mol. The average molecular weight is 277 g/mol. The molecule has 0 unspecified atom stereocenters. The van der Waals surface area contributed by atoms with E-state index in [1.807, 2.05) is 11.8 Å². The molecule has 0 spiro atoms. The summed E-state index contributed by atoms with van der Waals surface area (Å²) in [5.41, 5.74) is 2.80. The minimum Gasteiger partial charge on any atom is -0.308 e. The highest BCUT2D eigenvalue weighted by Gasteiger charge is 2.08. The largest absolute Gasteiger partial charge is 0.308 e. The van der Waals surface area contributed by atoms with Crippen molar-refractivity contribution in [1.82, 2.24) is 5.32 Å². The molecule has 1 rings (SSSR count). The van der Waals surface area contributed by atoms with Crippen LogP contribution in [0.5, 0.6) is 0 Å². The van der Waals surface area contributed by atoms with Crippen LogP contribution in [0.3, 0.4) is 0 Å². The number of rotatable bonds is 6. The topological polar surface area (TPSA) is 12.0 Å². The molecule has 0 bridgehead atoms. The molecule has 19 heavy (non-hydrogen) atoms. The minimum atomic E-state index is 0.159. The Morgan fingerprint density at radius 1 is 1.21 bits per heavy atom. The Hall–Kier alpha value is -0.730. The third-order valence-corrected chi connectivity index (χ3v) is 4.02. The second-order valence-corrected chi connectivity index (χ2v) is 7.41. The molecular formula is C17H27NS. The Morgan fingerprint density at radius 2 is 1.79 bits per heavy atom. The van der Waals surface area contributed by atoms with Gasteiger partial charge in [0.05, 0.1) is 0 Å². The first-order valence-corrected chi connectivity index (χ1v) is 7.91. The van der Waals surface area contributed by atoms with Crippen LogP contribution in [0.2, 0.25) is 0 Å². The van der Waals surface area contributed by atoms with Gasteiger partial charge in [0.25, 0.3) is 0 Å². The molecule has 1 aromatic rings. The van der Waals surface area contributed by atoms with E-state index in [0.717, 1.165) is 12.3 Å². The summed E-state index contributed by atoms with van der Waals surface area (Å²) in [6, 6.07) is 8.88. The van der Waals surface area contributed by atoms with E-state index in [0.29, 0.717) is 5.92 Å². The predicted molar refractivity (Wildman–Crippen MR) is 88.2 cm³/mol. The second-order valence-electron chi connectivity index (χ2n) is 6.37. The van der Waals surface area contributed by atoms with Gasteiger partial charge in [-0.05, 0) is 44.4 Å². The van der Waals surface area contributed by atoms with E-state index in [9.17, 15) is 0 Å². The molecule has 0 radical (unpaired) electrons. The molecule has 1 aromatic carbocycles. The zero-order chi connectivity index (χ0) is 14.5. The van der Waals surface area contributed by atoms with Gasteiger partial charge in [-0.25, -0.2) is 0 Å². The molecule has 2 heteroatoms. The Labute approximate surface area is 122 Å². The Morgan fingerprint density at radius 3 is 2.26 bits per heavy atom. The van der Waals surface area contributed by atoms with E-state index in [1.165, 1.54) is 16.0 Å². The van der Waals surface area contributed by atoms with Crippen LogP contribution in [0.15, 0.2) is 41.3 Å². The lowest BCUT2D eigenvalue weighted by Gasteiger charge is -2.21. The summed E-state index contributed by atoms with van der Waals surface area (Å²) in [7, 11) is 0. The molecule has 0 fully saturated rings. The fourth-order valence-corrected chi connectivity index (χ4v) is 2.38. The molecule has 1 nitrogen and oxygen atoms in total. The molecule has 0 heterocycles. The maximum Gasteiger partial charge on any atom is 0.0200 e. The second kappa shape index (κ2) is 7.16. The normalized spacial score (nSPS) is 11.9. The number of nitrogens with one attached hydrogen (secondary N) is 1. The summed E-state index contributed by atoms with van der Waals surface area (Å²) in [5.74, 6) is 1.58. The molecule has 0 aliphatic carbocycles. The molecule has 0 aliphatic rings. The monoisotopic (exact) mass is 277 g/mol. The Bertz CT molecular complexity index is 398. The molecule has 0 aromatic heterocycles. The first kappa shape index (κ1) is 16.3. The van der Waals surface area contributed by atoms with E-state index in [4.69, 9.17) is 0 Å². The van der Waals surface area contributed by atoms with Gasteiger partial charge in [-0.2, -0.15) is 0 Å². The molecule has 0 amide bonds. The Kier molecular flexibility index (Phi) is 6.15. The van der Waals surface area contributed by atoms with Crippen molar-refractivity contribution >= 4 is 11.8 Å². The van der Waals surface area contributed by atoms with E-state index in [1.54, 1.807) is 0 Å². The maximum atomic E-state index is 4.14. The summed E-state index contributed by atoms with van der Waals surface area (Å²) in [6.07, 6.45) is 0. The SMILES string of the molecule is C=C(CNC(C)(C)C)CSc1ccc(C(C)C)cc1. The van der Waals surface area contributed by atoms with Crippen LogP contribution >= 0.6 is 11.8 Å². The van der Waals surface area contributed by atoms with Gasteiger partial charge in [-0.1, -0.05) is 38.1 Å². The molecule has 1 N–H and O–H groups in total. The van der Waals surface area contributed by atoms with Crippen molar-refractivity contribution in [3.8, 4) is 0 Å². The predicted octanol–water partition coefficient (Wildman–Crippen LogP) is 4.85. The fourth-order valence-electron chi connectivity index (χ4n) is 1.58. The maximum absolute atomic E-state index is 4.14. The summed E-state index contributed by atoms with van der Waals surface area (Å²) >= 11 is 1.86. The zero-order valence-corrected chi connectivity index (χ0v) is 13.7. The number of hydrogen-bond donors (Lipinski definition) is 1. The third kappa shape index (κ3) is 6.84. The zero-order valence-electron chi connectivity index (χ0n) is 12.9. The first-order chi connectivity index (χ1) is 8.78. The van der Waals surface area contributed by atoms with Crippen LogP contribution in [0.25, 0.3) is 0 Å². The van der Waals surface area contributed by atoms with Crippen molar-refractivity contribution in [1.29, 1.82) is 0 Å². The average Bonchev–Trinajstić information content (AvgIpc) is 2.33. The van der Waals surface area contributed by atoms with Gasteiger partial charge >= 0.3 is 0 Å². The summed E-state index contributed by atoms with van der Waals surface area (Å²) in [4.78, 5) is 1.32. The van der Waals surface area contributed by atoms with Crippen molar-refractivity contribution in [3.05, 3.63) is 42.0 Å². The van der Waals surface area contributed by atoms with Crippen molar-refractivity contribution < 1.29 is 0 Å². The van der Waals surface area contributed by atoms with Crippen molar-refractivity contribution in [2.45, 2.75) is 51.0 Å². The lowest BCUT2D eigenvalue weighted by molar-refractivity contribution is 0.445. The lowest BCUT2D eigenvalue weighted by atomic mass is 10.0.